The highest BCUT2D eigenvalue weighted by atomic mass is 16.5. The molecule has 2 saturated heterocycles. The molecule has 0 bridgehead atoms. The second-order valence-corrected chi connectivity index (χ2v) is 9.34. The molecule has 0 N–H and O–H groups in total. The first-order valence-electron chi connectivity index (χ1n) is 12.3. The molecule has 0 radical (unpaired) electrons. The van der Waals surface area contributed by atoms with Crippen LogP contribution < -0.4 is 19.3 Å². The van der Waals surface area contributed by atoms with E-state index in [1.165, 1.54) is 4.90 Å². The molecule has 2 heterocycles. The number of hydrogen-bond acceptors (Lipinski definition) is 6. The van der Waals surface area contributed by atoms with Crippen molar-refractivity contribution in [2.24, 2.45) is 17.8 Å². The molecule has 0 saturated carbocycles. The van der Waals surface area contributed by atoms with Crippen LogP contribution in [0.5, 0.6) is 11.5 Å². The van der Waals surface area contributed by atoms with Gasteiger partial charge in [-0.1, -0.05) is 24.3 Å². The Labute approximate surface area is 209 Å². The predicted molar refractivity (Wildman–Crippen MR) is 133 cm³/mol. The van der Waals surface area contributed by atoms with Crippen LogP contribution in [-0.4, -0.2) is 36.8 Å². The number of carbonyl (C=O) groups excluding carboxylic acids is 4. The molecular formula is C28H28N2O6. The lowest BCUT2D eigenvalue weighted by Gasteiger charge is -2.20. The molecule has 2 aromatic carbocycles. The Bertz CT molecular complexity index is 1240. The van der Waals surface area contributed by atoms with E-state index in [4.69, 9.17) is 9.47 Å². The summed E-state index contributed by atoms with van der Waals surface area (Å²) in [6, 6.07) is 12.1. The minimum atomic E-state index is -0.621. The Morgan fingerprint density at radius 3 is 2.33 bits per heavy atom. The van der Waals surface area contributed by atoms with Gasteiger partial charge in [-0.15, -0.1) is 0 Å². The summed E-state index contributed by atoms with van der Waals surface area (Å²) in [6.07, 6.45) is 5.11. The van der Waals surface area contributed by atoms with E-state index in [1.54, 1.807) is 42.2 Å². The number of carbonyl (C=O) groups is 4. The number of para-hydroxylation sites is 2. The van der Waals surface area contributed by atoms with Crippen molar-refractivity contribution in [1.82, 2.24) is 0 Å². The third-order valence-corrected chi connectivity index (χ3v) is 7.05. The Kier molecular flexibility index (Phi) is 6.35. The Balaban J connectivity index is 1.28. The SMILES string of the molecule is CCOc1ccccc1N1C[C@@H](C(=O)Oc2ccc(N3C(=O)[C@H]4CC=CC[C@H]4C3=O)c(C)c2)CC1=O. The first-order chi connectivity index (χ1) is 17.4. The van der Waals surface area contributed by atoms with Gasteiger partial charge in [0, 0.05) is 13.0 Å². The van der Waals surface area contributed by atoms with Crippen molar-refractivity contribution < 1.29 is 28.7 Å². The van der Waals surface area contributed by atoms with Crippen molar-refractivity contribution in [3.05, 3.63) is 60.2 Å². The van der Waals surface area contributed by atoms with Crippen LogP contribution in [0, 0.1) is 24.7 Å². The van der Waals surface area contributed by atoms with Gasteiger partial charge in [0.1, 0.15) is 11.5 Å². The van der Waals surface area contributed by atoms with Gasteiger partial charge in [0.05, 0.1) is 35.7 Å². The largest absolute Gasteiger partial charge is 0.492 e. The third-order valence-electron chi connectivity index (χ3n) is 7.05. The highest BCUT2D eigenvalue weighted by Gasteiger charge is 2.48. The van der Waals surface area contributed by atoms with Crippen LogP contribution in [0.25, 0.3) is 0 Å². The first kappa shape index (κ1) is 23.8. The molecule has 8 nitrogen and oxygen atoms in total. The van der Waals surface area contributed by atoms with Gasteiger partial charge in [-0.05, 0) is 62.6 Å². The van der Waals surface area contributed by atoms with Crippen molar-refractivity contribution in [3.63, 3.8) is 0 Å². The average molecular weight is 489 g/mol. The number of hydrogen-bond donors (Lipinski definition) is 0. The predicted octanol–water partition coefficient (Wildman–Crippen LogP) is 3.81. The quantitative estimate of drug-likeness (QED) is 0.266. The second-order valence-electron chi connectivity index (χ2n) is 9.34. The zero-order valence-electron chi connectivity index (χ0n) is 20.3. The maximum atomic E-state index is 12.9. The van der Waals surface area contributed by atoms with Crippen molar-refractivity contribution >= 4 is 35.1 Å². The molecule has 0 aromatic heterocycles. The third kappa shape index (κ3) is 4.17. The summed E-state index contributed by atoms with van der Waals surface area (Å²) in [6.45, 7) is 4.31. The molecule has 5 rings (SSSR count). The topological polar surface area (TPSA) is 93.2 Å². The van der Waals surface area contributed by atoms with Crippen molar-refractivity contribution in [2.45, 2.75) is 33.1 Å². The van der Waals surface area contributed by atoms with E-state index in [0.29, 0.717) is 47.9 Å². The second kappa shape index (κ2) is 9.60. The fourth-order valence-corrected chi connectivity index (χ4v) is 5.24. The van der Waals surface area contributed by atoms with Crippen molar-refractivity contribution in [3.8, 4) is 11.5 Å². The summed E-state index contributed by atoms with van der Waals surface area (Å²) in [7, 11) is 0. The van der Waals surface area contributed by atoms with Crippen LogP contribution in [0.15, 0.2) is 54.6 Å². The van der Waals surface area contributed by atoms with Gasteiger partial charge < -0.3 is 14.4 Å². The zero-order chi connectivity index (χ0) is 25.4. The Morgan fingerprint density at radius 2 is 1.67 bits per heavy atom. The summed E-state index contributed by atoms with van der Waals surface area (Å²) < 4.78 is 11.2. The molecule has 2 aliphatic heterocycles. The molecule has 1 aliphatic carbocycles. The lowest BCUT2D eigenvalue weighted by Crippen LogP contribution is -2.31. The first-order valence-corrected chi connectivity index (χ1v) is 12.3. The van der Waals surface area contributed by atoms with E-state index < -0.39 is 11.9 Å². The number of amides is 3. The highest BCUT2D eigenvalue weighted by molar-refractivity contribution is 6.22. The highest BCUT2D eigenvalue weighted by Crippen LogP contribution is 2.39. The molecular weight excluding hydrogens is 460 g/mol. The van der Waals surface area contributed by atoms with Crippen LogP contribution in [-0.2, 0) is 19.2 Å². The van der Waals surface area contributed by atoms with Gasteiger partial charge in [0.2, 0.25) is 17.7 Å². The number of benzene rings is 2. The maximum absolute atomic E-state index is 12.9. The molecule has 2 aromatic rings. The van der Waals surface area contributed by atoms with E-state index >= 15 is 0 Å². The van der Waals surface area contributed by atoms with Crippen LogP contribution in [0.4, 0.5) is 11.4 Å². The van der Waals surface area contributed by atoms with Gasteiger partial charge in [-0.2, -0.15) is 0 Å². The molecule has 36 heavy (non-hydrogen) atoms. The summed E-state index contributed by atoms with van der Waals surface area (Å²) in [5.41, 5.74) is 1.80. The normalized spacial score (nSPS) is 23.3. The van der Waals surface area contributed by atoms with Crippen molar-refractivity contribution in [2.75, 3.05) is 23.0 Å². The Hall–Kier alpha value is -3.94. The van der Waals surface area contributed by atoms with E-state index in [0.717, 1.165) is 0 Å². The smallest absolute Gasteiger partial charge is 0.316 e. The number of nitrogens with zero attached hydrogens (tertiary/aromatic N) is 2. The molecule has 3 aliphatic rings. The number of rotatable bonds is 6. The minimum Gasteiger partial charge on any atom is -0.492 e. The van der Waals surface area contributed by atoms with E-state index in [9.17, 15) is 19.2 Å². The lowest BCUT2D eigenvalue weighted by atomic mass is 9.85. The van der Waals surface area contributed by atoms with Crippen LogP contribution in [0.3, 0.4) is 0 Å². The summed E-state index contributed by atoms with van der Waals surface area (Å²) >= 11 is 0. The van der Waals surface area contributed by atoms with Gasteiger partial charge >= 0.3 is 5.97 Å². The number of imide groups is 1. The number of esters is 1. The fourth-order valence-electron chi connectivity index (χ4n) is 5.24. The summed E-state index contributed by atoms with van der Waals surface area (Å²) in [5.74, 6) is -1.38. The van der Waals surface area contributed by atoms with Gasteiger partial charge in [-0.25, -0.2) is 4.90 Å². The fraction of sp³-hybridized carbons (Fsp3) is 0.357. The zero-order valence-corrected chi connectivity index (χ0v) is 20.3. The van der Waals surface area contributed by atoms with Gasteiger partial charge in [0.25, 0.3) is 0 Å². The molecule has 3 amide bonds. The number of aryl methyl sites for hydroxylation is 1. The van der Waals surface area contributed by atoms with Crippen LogP contribution >= 0.6 is 0 Å². The lowest BCUT2D eigenvalue weighted by molar-refractivity contribution is -0.139. The molecule has 186 valence electrons. The van der Waals surface area contributed by atoms with E-state index in [2.05, 4.69) is 0 Å². The molecule has 2 fully saturated rings. The standard InChI is InChI=1S/C28H28N2O6/c1-3-35-24-11-7-6-10-23(24)29-16-18(15-25(29)31)28(34)36-19-12-13-22(17(2)14-19)30-26(32)20-8-4-5-9-21(20)27(30)33/h4-7,10-14,18,20-21H,3,8-9,15-16H2,1-2H3/t18-,20-,21+/m0/s1. The molecule has 8 heteroatoms. The monoisotopic (exact) mass is 488 g/mol. The minimum absolute atomic E-state index is 0.0456. The van der Waals surface area contributed by atoms with Crippen LogP contribution in [0.2, 0.25) is 0 Å². The number of fused-ring (bicyclic) bond motifs is 1. The van der Waals surface area contributed by atoms with Crippen molar-refractivity contribution in [1.29, 1.82) is 0 Å². The number of allylic oxidation sites excluding steroid dienone is 2. The molecule has 0 spiro atoms. The summed E-state index contributed by atoms with van der Waals surface area (Å²) in [5, 5.41) is 0. The maximum Gasteiger partial charge on any atom is 0.316 e. The Morgan fingerprint density at radius 1 is 0.972 bits per heavy atom. The van der Waals surface area contributed by atoms with Crippen LogP contribution in [0.1, 0.15) is 31.7 Å². The summed E-state index contributed by atoms with van der Waals surface area (Å²) in [4.78, 5) is 54.3. The number of anilines is 2. The van der Waals surface area contributed by atoms with Gasteiger partial charge in [0.15, 0.2) is 0 Å². The van der Waals surface area contributed by atoms with E-state index in [1.807, 2.05) is 31.2 Å². The van der Waals surface area contributed by atoms with Gasteiger partial charge in [-0.3, -0.25) is 19.2 Å². The molecule has 3 atom stereocenters. The molecule has 0 unspecified atom stereocenters. The average Bonchev–Trinajstić information content (AvgIpc) is 3.38. The number of ether oxygens (including phenoxy) is 2. The van der Waals surface area contributed by atoms with E-state index in [-0.39, 0.29) is 42.5 Å².